The van der Waals surface area contributed by atoms with Crippen LogP contribution in [0.1, 0.15) is 52.4 Å². The Morgan fingerprint density at radius 3 is 2.26 bits per heavy atom. The summed E-state index contributed by atoms with van der Waals surface area (Å²) in [6.07, 6.45) is 8.36. The van der Waals surface area contributed by atoms with Crippen molar-refractivity contribution in [1.82, 2.24) is 9.80 Å². The average Bonchev–Trinajstić information content (AvgIpc) is 2.95. The first-order chi connectivity index (χ1) is 9.26. The van der Waals surface area contributed by atoms with Gasteiger partial charge < -0.3 is 5.73 Å². The predicted octanol–water partition coefficient (Wildman–Crippen LogP) is 2.31. The van der Waals surface area contributed by atoms with E-state index in [1.54, 1.807) is 0 Å². The van der Waals surface area contributed by atoms with Crippen LogP contribution in [0.25, 0.3) is 0 Å². The summed E-state index contributed by atoms with van der Waals surface area (Å²) in [6, 6.07) is 1.50. The normalized spacial score (nSPS) is 26.7. The molecule has 0 aromatic rings. The van der Waals surface area contributed by atoms with Gasteiger partial charge in [-0.3, -0.25) is 9.80 Å². The molecule has 2 unspecified atom stereocenters. The number of nitrogens with two attached hydrogens (primary N) is 1. The van der Waals surface area contributed by atoms with E-state index in [-0.39, 0.29) is 0 Å². The SMILES string of the molecule is CCCC(C)C(CN)N1CCN(C2CCCC2)CC1. The number of hydrogen-bond acceptors (Lipinski definition) is 3. The van der Waals surface area contributed by atoms with Crippen molar-refractivity contribution in [2.75, 3.05) is 32.7 Å². The van der Waals surface area contributed by atoms with Gasteiger partial charge in [0.25, 0.3) is 0 Å². The van der Waals surface area contributed by atoms with Crippen LogP contribution in [0.2, 0.25) is 0 Å². The van der Waals surface area contributed by atoms with Crippen LogP contribution < -0.4 is 5.73 Å². The standard InChI is InChI=1S/C16H33N3/c1-3-6-14(2)16(13-17)19-11-9-18(10-12-19)15-7-4-5-8-15/h14-16H,3-13,17H2,1-2H3. The molecule has 2 aliphatic rings. The second-order valence-corrected chi connectivity index (χ2v) is 6.58. The third-order valence-corrected chi connectivity index (χ3v) is 5.30. The fourth-order valence-electron chi connectivity index (χ4n) is 4.09. The molecular formula is C16H33N3. The van der Waals surface area contributed by atoms with Gasteiger partial charge in [0, 0.05) is 44.8 Å². The molecule has 1 saturated carbocycles. The number of nitrogens with zero attached hydrogens (tertiary/aromatic N) is 2. The lowest BCUT2D eigenvalue weighted by Crippen LogP contribution is -2.55. The number of hydrogen-bond donors (Lipinski definition) is 1. The molecule has 3 nitrogen and oxygen atoms in total. The van der Waals surface area contributed by atoms with Crippen LogP contribution in [0.5, 0.6) is 0 Å². The van der Waals surface area contributed by atoms with Gasteiger partial charge in [-0.2, -0.15) is 0 Å². The van der Waals surface area contributed by atoms with Crippen molar-refractivity contribution in [3.8, 4) is 0 Å². The largest absolute Gasteiger partial charge is 0.329 e. The van der Waals surface area contributed by atoms with Gasteiger partial charge in [0.2, 0.25) is 0 Å². The molecule has 0 radical (unpaired) electrons. The molecule has 1 saturated heterocycles. The van der Waals surface area contributed by atoms with Gasteiger partial charge in [0.1, 0.15) is 0 Å². The van der Waals surface area contributed by atoms with Crippen LogP contribution in [-0.4, -0.2) is 54.6 Å². The summed E-state index contributed by atoms with van der Waals surface area (Å²) < 4.78 is 0. The van der Waals surface area contributed by atoms with E-state index in [0.717, 1.165) is 18.5 Å². The van der Waals surface area contributed by atoms with Gasteiger partial charge in [-0.15, -0.1) is 0 Å². The Hall–Kier alpha value is -0.120. The van der Waals surface area contributed by atoms with Gasteiger partial charge in [-0.1, -0.05) is 33.1 Å². The lowest BCUT2D eigenvalue weighted by molar-refractivity contribution is 0.0539. The van der Waals surface area contributed by atoms with Crippen molar-refractivity contribution in [2.45, 2.75) is 64.5 Å². The monoisotopic (exact) mass is 267 g/mol. The molecule has 2 rings (SSSR count). The van der Waals surface area contributed by atoms with E-state index in [0.29, 0.717) is 6.04 Å². The number of piperazine rings is 1. The van der Waals surface area contributed by atoms with Crippen molar-refractivity contribution < 1.29 is 0 Å². The fraction of sp³-hybridized carbons (Fsp3) is 1.00. The maximum atomic E-state index is 6.04. The third kappa shape index (κ3) is 3.93. The minimum Gasteiger partial charge on any atom is -0.329 e. The molecule has 112 valence electrons. The van der Waals surface area contributed by atoms with Crippen LogP contribution >= 0.6 is 0 Å². The minimum atomic E-state index is 0.602. The molecule has 1 aliphatic carbocycles. The summed E-state index contributed by atoms with van der Waals surface area (Å²) in [6.45, 7) is 10.5. The summed E-state index contributed by atoms with van der Waals surface area (Å²) >= 11 is 0. The predicted molar refractivity (Wildman–Crippen MR) is 82.3 cm³/mol. The zero-order valence-corrected chi connectivity index (χ0v) is 13.0. The first-order valence-corrected chi connectivity index (χ1v) is 8.44. The van der Waals surface area contributed by atoms with Crippen LogP contribution in [0.3, 0.4) is 0 Å². The third-order valence-electron chi connectivity index (χ3n) is 5.30. The van der Waals surface area contributed by atoms with Crippen molar-refractivity contribution in [3.63, 3.8) is 0 Å². The summed E-state index contributed by atoms with van der Waals surface area (Å²) in [4.78, 5) is 5.40. The van der Waals surface area contributed by atoms with Crippen molar-refractivity contribution in [1.29, 1.82) is 0 Å². The zero-order chi connectivity index (χ0) is 13.7. The molecule has 0 aromatic carbocycles. The minimum absolute atomic E-state index is 0.602. The van der Waals surface area contributed by atoms with Crippen molar-refractivity contribution in [2.24, 2.45) is 11.7 Å². The van der Waals surface area contributed by atoms with E-state index in [4.69, 9.17) is 5.73 Å². The molecule has 0 aromatic heterocycles. The Morgan fingerprint density at radius 1 is 1.11 bits per heavy atom. The quantitative estimate of drug-likeness (QED) is 0.801. The molecule has 2 fully saturated rings. The van der Waals surface area contributed by atoms with E-state index in [1.807, 2.05) is 0 Å². The molecule has 3 heteroatoms. The van der Waals surface area contributed by atoms with Gasteiger partial charge in [0.05, 0.1) is 0 Å². The fourth-order valence-corrected chi connectivity index (χ4v) is 4.09. The van der Waals surface area contributed by atoms with Gasteiger partial charge in [-0.25, -0.2) is 0 Å². The average molecular weight is 267 g/mol. The molecule has 1 aliphatic heterocycles. The highest BCUT2D eigenvalue weighted by atomic mass is 15.3. The molecule has 19 heavy (non-hydrogen) atoms. The Labute approximate surface area is 119 Å². The first kappa shape index (κ1) is 15.3. The van der Waals surface area contributed by atoms with E-state index in [9.17, 15) is 0 Å². The topological polar surface area (TPSA) is 32.5 Å². The molecule has 0 spiro atoms. The summed E-state index contributed by atoms with van der Waals surface area (Å²) in [5.74, 6) is 0.744. The van der Waals surface area contributed by atoms with Crippen molar-refractivity contribution in [3.05, 3.63) is 0 Å². The maximum absolute atomic E-state index is 6.04. The Bertz CT molecular complexity index is 242. The maximum Gasteiger partial charge on any atom is 0.0245 e. The summed E-state index contributed by atoms with van der Waals surface area (Å²) in [5.41, 5.74) is 6.04. The van der Waals surface area contributed by atoms with Gasteiger partial charge in [-0.05, 0) is 25.2 Å². The Morgan fingerprint density at radius 2 is 1.74 bits per heavy atom. The second kappa shape index (κ2) is 7.61. The highest BCUT2D eigenvalue weighted by molar-refractivity contribution is 4.86. The molecular weight excluding hydrogens is 234 g/mol. The summed E-state index contributed by atoms with van der Waals surface area (Å²) in [5, 5.41) is 0. The molecule has 1 heterocycles. The first-order valence-electron chi connectivity index (χ1n) is 8.44. The van der Waals surface area contributed by atoms with Crippen LogP contribution in [-0.2, 0) is 0 Å². The highest BCUT2D eigenvalue weighted by Crippen LogP contribution is 2.25. The highest BCUT2D eigenvalue weighted by Gasteiger charge is 2.30. The lowest BCUT2D eigenvalue weighted by Gasteiger charge is -2.43. The number of rotatable bonds is 6. The Kier molecular flexibility index (Phi) is 6.11. The van der Waals surface area contributed by atoms with Crippen molar-refractivity contribution >= 4 is 0 Å². The molecule has 2 atom stereocenters. The second-order valence-electron chi connectivity index (χ2n) is 6.58. The Balaban J connectivity index is 1.80. The van der Waals surface area contributed by atoms with E-state index >= 15 is 0 Å². The van der Waals surface area contributed by atoms with Crippen LogP contribution in [0, 0.1) is 5.92 Å². The van der Waals surface area contributed by atoms with E-state index < -0.39 is 0 Å². The smallest absolute Gasteiger partial charge is 0.0245 e. The van der Waals surface area contributed by atoms with E-state index in [2.05, 4.69) is 23.6 Å². The van der Waals surface area contributed by atoms with Gasteiger partial charge >= 0.3 is 0 Å². The zero-order valence-electron chi connectivity index (χ0n) is 13.0. The lowest BCUT2D eigenvalue weighted by atomic mass is 9.95. The van der Waals surface area contributed by atoms with Gasteiger partial charge in [0.15, 0.2) is 0 Å². The molecule has 0 amide bonds. The molecule has 0 bridgehead atoms. The van der Waals surface area contributed by atoms with Crippen LogP contribution in [0.4, 0.5) is 0 Å². The van der Waals surface area contributed by atoms with E-state index in [1.165, 1.54) is 64.7 Å². The summed E-state index contributed by atoms with van der Waals surface area (Å²) in [7, 11) is 0. The molecule has 2 N–H and O–H groups in total. The van der Waals surface area contributed by atoms with Crippen LogP contribution in [0.15, 0.2) is 0 Å².